The molecular weight excluding hydrogens is 342 g/mol. The molecular formula is C21H35N3O3. The number of aromatic nitrogens is 1. The van der Waals surface area contributed by atoms with Gasteiger partial charge < -0.3 is 14.4 Å². The van der Waals surface area contributed by atoms with Crippen molar-refractivity contribution in [2.75, 3.05) is 33.3 Å². The summed E-state index contributed by atoms with van der Waals surface area (Å²) < 4.78 is 10.3. The summed E-state index contributed by atoms with van der Waals surface area (Å²) in [4.78, 5) is 20.2. The Balaban J connectivity index is 0.000000273. The van der Waals surface area contributed by atoms with E-state index in [1.54, 1.807) is 31.6 Å². The van der Waals surface area contributed by atoms with Crippen LogP contribution in [0.3, 0.4) is 0 Å². The van der Waals surface area contributed by atoms with Crippen molar-refractivity contribution in [3.8, 4) is 5.75 Å². The third-order valence-corrected chi connectivity index (χ3v) is 4.94. The Bertz CT molecular complexity index is 546. The molecule has 1 saturated carbocycles. The monoisotopic (exact) mass is 377 g/mol. The van der Waals surface area contributed by atoms with Crippen LogP contribution in [0.15, 0.2) is 24.5 Å². The molecule has 0 atom stereocenters. The quantitative estimate of drug-likeness (QED) is 0.781. The highest BCUT2D eigenvalue weighted by Gasteiger charge is 2.29. The normalized spacial score (nSPS) is 19.0. The SMILES string of the molecule is CC(C)(C)OC(=O)N1CCN(C2CCCCC2)CC1.COc1ccncc1. The lowest BCUT2D eigenvalue weighted by atomic mass is 9.94. The number of piperazine rings is 1. The van der Waals surface area contributed by atoms with Crippen molar-refractivity contribution < 1.29 is 14.3 Å². The molecule has 1 aromatic rings. The Morgan fingerprint density at radius 2 is 1.63 bits per heavy atom. The van der Waals surface area contributed by atoms with E-state index in [4.69, 9.17) is 9.47 Å². The lowest BCUT2D eigenvalue weighted by molar-refractivity contribution is 0.00823. The van der Waals surface area contributed by atoms with E-state index in [9.17, 15) is 4.79 Å². The highest BCUT2D eigenvalue weighted by Crippen LogP contribution is 2.23. The summed E-state index contributed by atoms with van der Waals surface area (Å²) in [6, 6.07) is 4.37. The van der Waals surface area contributed by atoms with E-state index in [2.05, 4.69) is 9.88 Å². The predicted octanol–water partition coefficient (Wildman–Crippen LogP) is 3.96. The first kappa shape index (κ1) is 21.5. The average molecular weight is 378 g/mol. The van der Waals surface area contributed by atoms with Crippen LogP contribution in [-0.4, -0.2) is 65.8 Å². The number of methoxy groups -OCH3 is 1. The van der Waals surface area contributed by atoms with E-state index in [1.165, 1.54) is 32.1 Å². The summed E-state index contributed by atoms with van der Waals surface area (Å²) in [5.74, 6) is 0.847. The van der Waals surface area contributed by atoms with Crippen LogP contribution in [0.4, 0.5) is 4.79 Å². The summed E-state index contributed by atoms with van der Waals surface area (Å²) >= 11 is 0. The third kappa shape index (κ3) is 7.75. The molecule has 3 rings (SSSR count). The molecule has 1 aromatic heterocycles. The van der Waals surface area contributed by atoms with Crippen LogP contribution in [0.5, 0.6) is 5.75 Å². The number of carbonyl (C=O) groups is 1. The molecule has 0 radical (unpaired) electrons. The van der Waals surface area contributed by atoms with Crippen LogP contribution < -0.4 is 4.74 Å². The topological polar surface area (TPSA) is 54.9 Å². The van der Waals surface area contributed by atoms with Gasteiger partial charge in [0.2, 0.25) is 0 Å². The highest BCUT2D eigenvalue weighted by atomic mass is 16.6. The zero-order valence-electron chi connectivity index (χ0n) is 17.3. The minimum absolute atomic E-state index is 0.157. The van der Waals surface area contributed by atoms with Crippen molar-refractivity contribution in [1.82, 2.24) is 14.8 Å². The largest absolute Gasteiger partial charge is 0.497 e. The number of nitrogens with zero attached hydrogens (tertiary/aromatic N) is 3. The predicted molar refractivity (Wildman–Crippen MR) is 107 cm³/mol. The van der Waals surface area contributed by atoms with Crippen molar-refractivity contribution >= 4 is 6.09 Å². The summed E-state index contributed by atoms with van der Waals surface area (Å²) in [6.07, 6.45) is 10.1. The summed E-state index contributed by atoms with van der Waals surface area (Å²) in [6.45, 7) is 9.39. The minimum Gasteiger partial charge on any atom is -0.497 e. The number of hydrogen-bond acceptors (Lipinski definition) is 5. The molecule has 0 bridgehead atoms. The van der Waals surface area contributed by atoms with Gasteiger partial charge in [-0.1, -0.05) is 19.3 Å². The second-order valence-corrected chi connectivity index (χ2v) is 8.18. The molecule has 1 aliphatic heterocycles. The van der Waals surface area contributed by atoms with Crippen LogP contribution in [0.25, 0.3) is 0 Å². The van der Waals surface area contributed by atoms with Crippen LogP contribution >= 0.6 is 0 Å². The molecule has 0 N–H and O–H groups in total. The van der Waals surface area contributed by atoms with Crippen LogP contribution in [0.1, 0.15) is 52.9 Å². The number of pyridine rings is 1. The van der Waals surface area contributed by atoms with Gasteiger partial charge in [-0.3, -0.25) is 9.88 Å². The van der Waals surface area contributed by atoms with Gasteiger partial charge in [-0.2, -0.15) is 0 Å². The lowest BCUT2D eigenvalue weighted by Gasteiger charge is -2.40. The summed E-state index contributed by atoms with van der Waals surface area (Å²) in [5.41, 5.74) is -0.391. The van der Waals surface area contributed by atoms with Gasteiger partial charge in [-0.05, 0) is 45.7 Å². The number of ether oxygens (including phenoxy) is 2. The molecule has 1 saturated heterocycles. The molecule has 2 aliphatic rings. The van der Waals surface area contributed by atoms with Crippen molar-refractivity contribution in [1.29, 1.82) is 0 Å². The maximum atomic E-state index is 12.0. The van der Waals surface area contributed by atoms with Gasteiger partial charge in [0.15, 0.2) is 0 Å². The maximum Gasteiger partial charge on any atom is 0.410 e. The molecule has 0 spiro atoms. The molecule has 2 heterocycles. The van der Waals surface area contributed by atoms with Crippen molar-refractivity contribution in [3.63, 3.8) is 0 Å². The number of hydrogen-bond donors (Lipinski definition) is 0. The summed E-state index contributed by atoms with van der Waals surface area (Å²) in [7, 11) is 1.63. The fraction of sp³-hybridized carbons (Fsp3) is 0.714. The van der Waals surface area contributed by atoms with Crippen molar-refractivity contribution in [2.24, 2.45) is 0 Å². The van der Waals surface area contributed by atoms with Gasteiger partial charge in [-0.15, -0.1) is 0 Å². The Morgan fingerprint density at radius 1 is 1.04 bits per heavy atom. The molecule has 6 nitrogen and oxygen atoms in total. The first-order valence-corrected chi connectivity index (χ1v) is 10.0. The van der Waals surface area contributed by atoms with Crippen LogP contribution in [0, 0.1) is 0 Å². The molecule has 0 aromatic carbocycles. The lowest BCUT2D eigenvalue weighted by Crippen LogP contribution is -2.53. The number of carbonyl (C=O) groups excluding carboxylic acids is 1. The van der Waals surface area contributed by atoms with Gasteiger partial charge in [0.05, 0.1) is 7.11 Å². The van der Waals surface area contributed by atoms with Gasteiger partial charge in [0, 0.05) is 44.6 Å². The molecule has 2 fully saturated rings. The van der Waals surface area contributed by atoms with E-state index in [0.29, 0.717) is 0 Å². The van der Waals surface area contributed by atoms with Gasteiger partial charge in [0.25, 0.3) is 0 Å². The van der Waals surface area contributed by atoms with Crippen LogP contribution in [-0.2, 0) is 4.74 Å². The molecule has 6 heteroatoms. The second kappa shape index (κ2) is 10.5. The van der Waals surface area contributed by atoms with Gasteiger partial charge in [-0.25, -0.2) is 4.79 Å². The van der Waals surface area contributed by atoms with Crippen LogP contribution in [0.2, 0.25) is 0 Å². The highest BCUT2D eigenvalue weighted by molar-refractivity contribution is 5.68. The third-order valence-electron chi connectivity index (χ3n) is 4.94. The number of rotatable bonds is 2. The smallest absolute Gasteiger partial charge is 0.410 e. The summed E-state index contributed by atoms with van der Waals surface area (Å²) in [5, 5.41) is 0. The first-order chi connectivity index (χ1) is 12.9. The zero-order valence-corrected chi connectivity index (χ0v) is 17.3. The Kier molecular flexibility index (Phi) is 8.35. The second-order valence-electron chi connectivity index (χ2n) is 8.18. The van der Waals surface area contributed by atoms with E-state index in [1.807, 2.05) is 25.7 Å². The maximum absolute atomic E-state index is 12.0. The molecule has 1 aliphatic carbocycles. The van der Waals surface area contributed by atoms with E-state index in [0.717, 1.165) is 38.0 Å². The zero-order chi connectivity index (χ0) is 19.7. The fourth-order valence-electron chi connectivity index (χ4n) is 3.52. The number of amides is 1. The Hall–Kier alpha value is -1.82. The molecule has 1 amide bonds. The van der Waals surface area contributed by atoms with E-state index in [-0.39, 0.29) is 6.09 Å². The van der Waals surface area contributed by atoms with E-state index >= 15 is 0 Å². The molecule has 0 unspecified atom stereocenters. The Labute approximate surface area is 163 Å². The van der Waals surface area contributed by atoms with Gasteiger partial charge in [0.1, 0.15) is 11.4 Å². The minimum atomic E-state index is -0.391. The Morgan fingerprint density at radius 3 is 2.11 bits per heavy atom. The van der Waals surface area contributed by atoms with Crippen molar-refractivity contribution in [2.45, 2.75) is 64.5 Å². The average Bonchev–Trinajstić information content (AvgIpc) is 2.68. The molecule has 152 valence electrons. The van der Waals surface area contributed by atoms with E-state index < -0.39 is 5.60 Å². The fourth-order valence-corrected chi connectivity index (χ4v) is 3.52. The molecule has 27 heavy (non-hydrogen) atoms. The first-order valence-electron chi connectivity index (χ1n) is 10.0. The van der Waals surface area contributed by atoms with Crippen molar-refractivity contribution in [3.05, 3.63) is 24.5 Å². The standard InChI is InChI=1S/C15H28N2O2.C6H7NO/c1-15(2,3)19-14(18)17-11-9-16(10-12-17)13-7-5-4-6-8-13;1-8-6-2-4-7-5-3-6/h13H,4-12H2,1-3H3;2-5H,1H3. The van der Waals surface area contributed by atoms with Gasteiger partial charge >= 0.3 is 6.09 Å².